The standard InChI is InChI=1S/C14H23N3O/c1-12(15)13-5-6-14(16-11-13)18-10-9-17-7-3-2-4-8-17/h5-6,11-12H,2-4,7-10,15H2,1H3/t12-/m1/s1. The number of ether oxygens (including phenoxy) is 1. The molecule has 0 radical (unpaired) electrons. The zero-order valence-electron chi connectivity index (χ0n) is 11.1. The fraction of sp³-hybridized carbons (Fsp3) is 0.643. The SMILES string of the molecule is C[C@@H](N)c1ccc(OCCN2CCCCC2)nc1. The molecule has 4 heteroatoms. The van der Waals surface area contributed by atoms with E-state index < -0.39 is 0 Å². The summed E-state index contributed by atoms with van der Waals surface area (Å²) in [4.78, 5) is 6.72. The fourth-order valence-corrected chi connectivity index (χ4v) is 2.21. The molecule has 1 aliphatic heterocycles. The summed E-state index contributed by atoms with van der Waals surface area (Å²) in [6, 6.07) is 3.91. The van der Waals surface area contributed by atoms with E-state index in [0.29, 0.717) is 12.5 Å². The van der Waals surface area contributed by atoms with Crippen LogP contribution in [0.25, 0.3) is 0 Å². The van der Waals surface area contributed by atoms with Crippen LogP contribution in [-0.4, -0.2) is 36.1 Å². The topological polar surface area (TPSA) is 51.4 Å². The number of hydrogen-bond acceptors (Lipinski definition) is 4. The van der Waals surface area contributed by atoms with E-state index in [-0.39, 0.29) is 6.04 Å². The lowest BCUT2D eigenvalue weighted by Gasteiger charge is -2.26. The van der Waals surface area contributed by atoms with Crippen molar-refractivity contribution in [1.82, 2.24) is 9.88 Å². The van der Waals surface area contributed by atoms with E-state index in [9.17, 15) is 0 Å². The van der Waals surface area contributed by atoms with E-state index in [0.717, 1.165) is 12.1 Å². The minimum absolute atomic E-state index is 0.0277. The Bertz CT molecular complexity index is 345. The maximum absolute atomic E-state index is 5.77. The summed E-state index contributed by atoms with van der Waals surface area (Å²) in [5, 5.41) is 0. The molecule has 2 heterocycles. The lowest BCUT2D eigenvalue weighted by Crippen LogP contribution is -2.33. The zero-order chi connectivity index (χ0) is 12.8. The Morgan fingerprint density at radius 3 is 2.72 bits per heavy atom. The molecule has 1 saturated heterocycles. The smallest absolute Gasteiger partial charge is 0.213 e. The van der Waals surface area contributed by atoms with Gasteiger partial charge in [0.15, 0.2) is 0 Å². The summed E-state index contributed by atoms with van der Waals surface area (Å²) in [5.41, 5.74) is 6.81. The first kappa shape index (κ1) is 13.3. The van der Waals surface area contributed by atoms with Crippen LogP contribution in [0.5, 0.6) is 5.88 Å². The molecule has 0 unspecified atom stereocenters. The van der Waals surface area contributed by atoms with E-state index in [2.05, 4.69) is 9.88 Å². The summed E-state index contributed by atoms with van der Waals surface area (Å²) >= 11 is 0. The van der Waals surface area contributed by atoms with Gasteiger partial charge in [0.2, 0.25) is 5.88 Å². The van der Waals surface area contributed by atoms with Gasteiger partial charge in [-0.1, -0.05) is 12.5 Å². The number of rotatable bonds is 5. The summed E-state index contributed by atoms with van der Waals surface area (Å²) in [6.45, 7) is 6.08. The van der Waals surface area contributed by atoms with Crippen LogP contribution in [0.4, 0.5) is 0 Å². The predicted molar refractivity (Wildman–Crippen MR) is 72.6 cm³/mol. The fourth-order valence-electron chi connectivity index (χ4n) is 2.21. The average Bonchev–Trinajstić information content (AvgIpc) is 2.40. The molecule has 2 N–H and O–H groups in total. The van der Waals surface area contributed by atoms with Gasteiger partial charge >= 0.3 is 0 Å². The molecule has 2 rings (SSSR count). The summed E-state index contributed by atoms with van der Waals surface area (Å²) in [5.74, 6) is 0.691. The molecule has 0 spiro atoms. The number of pyridine rings is 1. The lowest BCUT2D eigenvalue weighted by molar-refractivity contribution is 0.180. The van der Waals surface area contributed by atoms with Gasteiger partial charge in [0, 0.05) is 24.8 Å². The quantitative estimate of drug-likeness (QED) is 0.866. The first-order valence-corrected chi connectivity index (χ1v) is 6.82. The second kappa shape index (κ2) is 6.71. The van der Waals surface area contributed by atoms with Gasteiger partial charge in [-0.2, -0.15) is 0 Å². The number of likely N-dealkylation sites (tertiary alicyclic amines) is 1. The molecule has 1 aliphatic rings. The number of aromatic nitrogens is 1. The molecule has 1 atom stereocenters. The molecule has 0 aromatic carbocycles. The average molecular weight is 249 g/mol. The number of hydrogen-bond donors (Lipinski definition) is 1. The van der Waals surface area contributed by atoms with Gasteiger partial charge in [0.05, 0.1) is 0 Å². The minimum Gasteiger partial charge on any atom is -0.476 e. The molecule has 18 heavy (non-hydrogen) atoms. The highest BCUT2D eigenvalue weighted by Gasteiger charge is 2.09. The Morgan fingerprint density at radius 2 is 2.11 bits per heavy atom. The number of nitrogens with two attached hydrogens (primary N) is 1. The maximum Gasteiger partial charge on any atom is 0.213 e. The Kier molecular flexibility index (Phi) is 4.96. The van der Waals surface area contributed by atoms with Crippen molar-refractivity contribution in [3.05, 3.63) is 23.9 Å². The Labute approximate surface area is 109 Å². The van der Waals surface area contributed by atoms with Crippen molar-refractivity contribution in [1.29, 1.82) is 0 Å². The van der Waals surface area contributed by atoms with Crippen molar-refractivity contribution in [3.8, 4) is 5.88 Å². The molecular formula is C14H23N3O. The van der Waals surface area contributed by atoms with Crippen LogP contribution in [0.15, 0.2) is 18.3 Å². The molecule has 1 aromatic heterocycles. The van der Waals surface area contributed by atoms with Gasteiger partial charge in [-0.25, -0.2) is 4.98 Å². The minimum atomic E-state index is 0.0277. The van der Waals surface area contributed by atoms with Crippen LogP contribution >= 0.6 is 0 Å². The number of nitrogens with zero attached hydrogens (tertiary/aromatic N) is 2. The molecular weight excluding hydrogens is 226 g/mol. The molecule has 100 valence electrons. The lowest BCUT2D eigenvalue weighted by atomic mass is 10.1. The van der Waals surface area contributed by atoms with Crippen LogP contribution in [0.3, 0.4) is 0 Å². The first-order chi connectivity index (χ1) is 8.75. The van der Waals surface area contributed by atoms with Crippen molar-refractivity contribution in [2.75, 3.05) is 26.2 Å². The predicted octanol–water partition coefficient (Wildman–Crippen LogP) is 1.97. The van der Waals surface area contributed by atoms with E-state index in [1.165, 1.54) is 32.4 Å². The van der Waals surface area contributed by atoms with E-state index in [1.54, 1.807) is 6.20 Å². The van der Waals surface area contributed by atoms with Gasteiger partial charge < -0.3 is 10.5 Å². The summed E-state index contributed by atoms with van der Waals surface area (Å²) in [7, 11) is 0. The van der Waals surface area contributed by atoms with Crippen LogP contribution < -0.4 is 10.5 Å². The van der Waals surface area contributed by atoms with E-state index >= 15 is 0 Å². The van der Waals surface area contributed by atoms with Crippen molar-refractivity contribution in [2.45, 2.75) is 32.2 Å². The van der Waals surface area contributed by atoms with Gasteiger partial charge in [0.25, 0.3) is 0 Å². The molecule has 1 fully saturated rings. The summed E-state index contributed by atoms with van der Waals surface area (Å²) < 4.78 is 5.65. The molecule has 0 saturated carbocycles. The molecule has 4 nitrogen and oxygen atoms in total. The molecule has 0 bridgehead atoms. The third-order valence-electron chi connectivity index (χ3n) is 3.39. The van der Waals surface area contributed by atoms with Crippen LogP contribution in [0, 0.1) is 0 Å². The molecule has 0 aliphatic carbocycles. The van der Waals surface area contributed by atoms with Gasteiger partial charge in [-0.3, -0.25) is 4.90 Å². The monoisotopic (exact) mass is 249 g/mol. The number of piperidine rings is 1. The molecule has 0 amide bonds. The van der Waals surface area contributed by atoms with E-state index in [1.807, 2.05) is 19.1 Å². The Balaban J connectivity index is 1.72. The van der Waals surface area contributed by atoms with Gasteiger partial charge in [-0.05, 0) is 38.4 Å². The second-order valence-electron chi connectivity index (χ2n) is 4.97. The van der Waals surface area contributed by atoms with Crippen molar-refractivity contribution in [3.63, 3.8) is 0 Å². The largest absolute Gasteiger partial charge is 0.476 e. The van der Waals surface area contributed by atoms with Crippen molar-refractivity contribution >= 4 is 0 Å². The van der Waals surface area contributed by atoms with Crippen molar-refractivity contribution < 1.29 is 4.74 Å². The Hall–Kier alpha value is -1.13. The normalized spacial score (nSPS) is 18.6. The van der Waals surface area contributed by atoms with Crippen molar-refractivity contribution in [2.24, 2.45) is 5.73 Å². The Morgan fingerprint density at radius 1 is 1.33 bits per heavy atom. The third kappa shape index (κ3) is 3.96. The highest BCUT2D eigenvalue weighted by Crippen LogP contribution is 2.13. The van der Waals surface area contributed by atoms with Gasteiger partial charge in [-0.15, -0.1) is 0 Å². The highest BCUT2D eigenvalue weighted by molar-refractivity contribution is 5.19. The summed E-state index contributed by atoms with van der Waals surface area (Å²) in [6.07, 6.45) is 5.81. The van der Waals surface area contributed by atoms with Crippen LogP contribution in [-0.2, 0) is 0 Å². The third-order valence-corrected chi connectivity index (χ3v) is 3.39. The van der Waals surface area contributed by atoms with E-state index in [4.69, 9.17) is 10.5 Å². The van der Waals surface area contributed by atoms with Crippen LogP contribution in [0.2, 0.25) is 0 Å². The maximum atomic E-state index is 5.77. The highest BCUT2D eigenvalue weighted by atomic mass is 16.5. The zero-order valence-corrected chi connectivity index (χ0v) is 11.1. The molecule has 1 aromatic rings. The second-order valence-corrected chi connectivity index (χ2v) is 4.97. The first-order valence-electron chi connectivity index (χ1n) is 6.82. The van der Waals surface area contributed by atoms with Gasteiger partial charge in [0.1, 0.15) is 6.61 Å². The van der Waals surface area contributed by atoms with Crippen LogP contribution in [0.1, 0.15) is 37.8 Å².